The molecule has 4 fully saturated rings. The van der Waals surface area contributed by atoms with E-state index < -0.39 is 12.3 Å². The molecule has 2 bridgehead atoms. The quantitative estimate of drug-likeness (QED) is 0.412. The highest BCUT2D eigenvalue weighted by Crippen LogP contribution is 2.58. The summed E-state index contributed by atoms with van der Waals surface area (Å²) in [4.78, 5) is 22.0. The van der Waals surface area contributed by atoms with Gasteiger partial charge in [0.15, 0.2) is 0 Å². The van der Waals surface area contributed by atoms with Gasteiger partial charge in [-0.3, -0.25) is 0 Å². The summed E-state index contributed by atoms with van der Waals surface area (Å²) in [5.41, 5.74) is 1.25. The highest BCUT2D eigenvalue weighted by Gasteiger charge is 2.63. The molecule has 1 N–H and O–H groups in total. The average Bonchev–Trinajstić information content (AvgIpc) is 3.79. The van der Waals surface area contributed by atoms with Crippen LogP contribution < -0.4 is 9.64 Å². The first-order valence-corrected chi connectivity index (χ1v) is 13.1. The zero-order valence-electron chi connectivity index (χ0n) is 20.7. The number of aromatic carboxylic acids is 1. The van der Waals surface area contributed by atoms with Crippen molar-refractivity contribution in [1.82, 2.24) is 15.1 Å². The van der Waals surface area contributed by atoms with Gasteiger partial charge in [-0.25, -0.2) is 14.8 Å². The van der Waals surface area contributed by atoms with Crippen molar-refractivity contribution in [1.29, 1.82) is 0 Å². The summed E-state index contributed by atoms with van der Waals surface area (Å²) >= 11 is 0. The number of piperidine rings is 1. The summed E-state index contributed by atoms with van der Waals surface area (Å²) in [5, 5.41) is 13.3. The molecule has 4 heterocycles. The van der Waals surface area contributed by atoms with Crippen molar-refractivity contribution in [2.45, 2.75) is 69.2 Å². The number of aromatic nitrogens is 3. The van der Waals surface area contributed by atoms with Gasteiger partial charge in [-0.2, -0.15) is 0 Å². The maximum Gasteiger partial charge on any atom is 0.573 e. The third-order valence-corrected chi connectivity index (χ3v) is 8.36. The molecule has 3 aromatic rings. The largest absolute Gasteiger partial charge is 0.573 e. The molecule has 5 atom stereocenters. The number of benzene rings is 1. The van der Waals surface area contributed by atoms with Gasteiger partial charge in [0, 0.05) is 47.4 Å². The minimum atomic E-state index is -4.83. The van der Waals surface area contributed by atoms with Crippen molar-refractivity contribution < 1.29 is 37.1 Å². The van der Waals surface area contributed by atoms with Crippen molar-refractivity contribution in [3.63, 3.8) is 0 Å². The molecule has 2 aliphatic carbocycles. The lowest BCUT2D eigenvalue weighted by Crippen LogP contribution is -2.42. The molecule has 0 radical (unpaired) electrons. The van der Waals surface area contributed by atoms with E-state index in [9.17, 15) is 18.0 Å². The second-order valence-corrected chi connectivity index (χ2v) is 10.7. The Morgan fingerprint density at radius 1 is 1.13 bits per heavy atom. The third-order valence-electron chi connectivity index (χ3n) is 8.36. The SMILES string of the molecule is O=C(O)c1cnc(N2C3CCC2C2C(C3)C2OCc2c(-c3ccccc3OC(F)(F)F)noc2C2CC2)nc1. The highest BCUT2D eigenvalue weighted by molar-refractivity contribution is 5.86. The molecule has 9 nitrogen and oxygen atoms in total. The van der Waals surface area contributed by atoms with Crippen molar-refractivity contribution >= 4 is 11.9 Å². The number of hydrogen-bond acceptors (Lipinski definition) is 8. The Balaban J connectivity index is 1.11. The average molecular weight is 543 g/mol. The van der Waals surface area contributed by atoms with Crippen LogP contribution in [0.5, 0.6) is 5.75 Å². The molecule has 1 aromatic carbocycles. The van der Waals surface area contributed by atoms with Crippen LogP contribution in [0.2, 0.25) is 0 Å². The highest BCUT2D eigenvalue weighted by atomic mass is 19.4. The van der Waals surface area contributed by atoms with E-state index in [2.05, 4.69) is 24.8 Å². The number of rotatable bonds is 8. The van der Waals surface area contributed by atoms with E-state index in [0.29, 0.717) is 28.9 Å². The Kier molecular flexibility index (Phi) is 5.58. The minimum absolute atomic E-state index is 0.00225. The van der Waals surface area contributed by atoms with Crippen LogP contribution in [-0.4, -0.2) is 50.8 Å². The third kappa shape index (κ3) is 4.40. The zero-order chi connectivity index (χ0) is 26.9. The van der Waals surface area contributed by atoms with Crippen LogP contribution in [0.1, 0.15) is 59.7 Å². The second-order valence-electron chi connectivity index (χ2n) is 10.7. The van der Waals surface area contributed by atoms with Crippen LogP contribution in [0.3, 0.4) is 0 Å². The van der Waals surface area contributed by atoms with Gasteiger partial charge in [0.05, 0.1) is 18.3 Å². The lowest BCUT2D eigenvalue weighted by atomic mass is 10.0. The molecule has 5 unspecified atom stereocenters. The Morgan fingerprint density at radius 2 is 1.90 bits per heavy atom. The Morgan fingerprint density at radius 3 is 2.62 bits per heavy atom. The molecule has 2 aromatic heterocycles. The van der Waals surface area contributed by atoms with Crippen LogP contribution in [0.25, 0.3) is 11.3 Å². The normalized spacial score (nSPS) is 27.4. The van der Waals surface area contributed by atoms with E-state index >= 15 is 0 Å². The number of anilines is 1. The van der Waals surface area contributed by atoms with Gasteiger partial charge < -0.3 is 24.0 Å². The summed E-state index contributed by atoms with van der Waals surface area (Å²) in [6, 6.07) is 6.39. The van der Waals surface area contributed by atoms with Gasteiger partial charge >= 0.3 is 12.3 Å². The number of para-hydroxylation sites is 1. The number of fused-ring (bicyclic) bond motifs is 4. The van der Waals surface area contributed by atoms with Crippen LogP contribution >= 0.6 is 0 Å². The molecule has 0 amide bonds. The van der Waals surface area contributed by atoms with E-state index in [4.69, 9.17) is 14.4 Å². The second kappa shape index (κ2) is 8.94. The van der Waals surface area contributed by atoms with Gasteiger partial charge in [-0.15, -0.1) is 13.2 Å². The number of carboxylic acids is 1. The fraction of sp³-hybridized carbons (Fsp3) is 0.481. The van der Waals surface area contributed by atoms with Crippen molar-refractivity contribution in [2.24, 2.45) is 11.8 Å². The number of carbonyl (C=O) groups is 1. The minimum Gasteiger partial charge on any atom is -0.478 e. The molecule has 39 heavy (non-hydrogen) atoms. The first-order valence-electron chi connectivity index (χ1n) is 13.1. The Labute approximate surface area is 220 Å². The Bertz CT molecular complexity index is 1410. The van der Waals surface area contributed by atoms with Gasteiger partial charge in [-0.1, -0.05) is 17.3 Å². The summed E-state index contributed by atoms with van der Waals surface area (Å²) in [6.45, 7) is 0.184. The molecule has 7 rings (SSSR count). The molecule has 2 aliphatic heterocycles. The Hall–Kier alpha value is -3.67. The van der Waals surface area contributed by atoms with Gasteiger partial charge in [0.25, 0.3) is 0 Å². The predicted molar refractivity (Wildman–Crippen MR) is 129 cm³/mol. The number of ether oxygens (including phenoxy) is 2. The molecule has 2 saturated heterocycles. The molecule has 4 aliphatic rings. The van der Waals surface area contributed by atoms with Crippen LogP contribution in [0.15, 0.2) is 41.2 Å². The standard InChI is InChI=1S/C27H25F3N4O5/c28-27(29,30)38-20-4-2-1-3-16(20)22-18(23(39-33-22)13-5-6-13)12-37-24-17-9-15-7-8-19(21(17)24)34(15)26-31-10-14(11-32-26)25(35)36/h1-4,10-11,13,15,17,19,21,24H,5-9,12H2,(H,35,36). The molecule has 12 heteroatoms. The first kappa shape index (κ1) is 24.4. The number of hydrogen-bond donors (Lipinski definition) is 1. The summed E-state index contributed by atoms with van der Waals surface area (Å²) in [6.07, 6.45) is 2.64. The molecule has 204 valence electrons. The van der Waals surface area contributed by atoms with Crippen molar-refractivity contribution in [2.75, 3.05) is 4.90 Å². The summed E-state index contributed by atoms with van der Waals surface area (Å²) in [5.74, 6) is 0.666. The summed E-state index contributed by atoms with van der Waals surface area (Å²) < 4.78 is 55.6. The number of nitrogens with zero attached hydrogens (tertiary/aromatic N) is 4. The van der Waals surface area contributed by atoms with E-state index in [1.165, 1.54) is 24.5 Å². The fourth-order valence-corrected chi connectivity index (χ4v) is 6.50. The van der Waals surface area contributed by atoms with Gasteiger partial charge in [0.2, 0.25) is 5.95 Å². The predicted octanol–water partition coefficient (Wildman–Crippen LogP) is 5.18. The maximum atomic E-state index is 13.1. The molecule has 2 saturated carbocycles. The van der Waals surface area contributed by atoms with Gasteiger partial charge in [-0.05, 0) is 50.2 Å². The van der Waals surface area contributed by atoms with E-state index in [0.717, 1.165) is 32.1 Å². The lowest BCUT2D eigenvalue weighted by molar-refractivity contribution is -0.274. The monoisotopic (exact) mass is 542 g/mol. The smallest absolute Gasteiger partial charge is 0.478 e. The lowest BCUT2D eigenvalue weighted by Gasteiger charge is -2.34. The van der Waals surface area contributed by atoms with Crippen LogP contribution in [-0.2, 0) is 11.3 Å². The number of alkyl halides is 3. The van der Waals surface area contributed by atoms with Gasteiger partial charge in [0.1, 0.15) is 17.2 Å². The maximum absolute atomic E-state index is 13.1. The van der Waals surface area contributed by atoms with E-state index in [-0.39, 0.29) is 53.5 Å². The topological polar surface area (TPSA) is 111 Å². The van der Waals surface area contributed by atoms with Crippen LogP contribution in [0, 0.1) is 11.8 Å². The molecule has 0 spiro atoms. The number of halogens is 3. The fourth-order valence-electron chi connectivity index (χ4n) is 6.50. The molecular weight excluding hydrogens is 517 g/mol. The van der Waals surface area contributed by atoms with Crippen LogP contribution in [0.4, 0.5) is 19.1 Å². The van der Waals surface area contributed by atoms with E-state index in [1.807, 2.05) is 0 Å². The van der Waals surface area contributed by atoms with Crippen molar-refractivity contribution in [3.05, 3.63) is 53.5 Å². The van der Waals surface area contributed by atoms with Crippen molar-refractivity contribution in [3.8, 4) is 17.0 Å². The molecular formula is C27H25F3N4O5. The number of carboxylic acid groups (broad SMARTS) is 1. The zero-order valence-corrected chi connectivity index (χ0v) is 20.7. The first-order chi connectivity index (χ1) is 18.8. The van der Waals surface area contributed by atoms with E-state index in [1.54, 1.807) is 12.1 Å². The summed E-state index contributed by atoms with van der Waals surface area (Å²) in [7, 11) is 0.